The smallest absolute Gasteiger partial charge is 0.341 e. The van der Waals surface area contributed by atoms with Crippen LogP contribution in [0.3, 0.4) is 0 Å². The summed E-state index contributed by atoms with van der Waals surface area (Å²) >= 11 is 0. The van der Waals surface area contributed by atoms with E-state index in [4.69, 9.17) is 4.74 Å². The van der Waals surface area contributed by atoms with E-state index in [0.29, 0.717) is 23.3 Å². The Bertz CT molecular complexity index is 916. The molecule has 1 N–H and O–H groups in total. The van der Waals surface area contributed by atoms with Crippen LogP contribution in [0.4, 0.5) is 5.69 Å². The van der Waals surface area contributed by atoms with Crippen molar-refractivity contribution >= 4 is 11.6 Å². The summed E-state index contributed by atoms with van der Waals surface area (Å²) in [6, 6.07) is 7.31. The SMILES string of the molecule is CC(C)c1cccc(C(C)C)c1N1C=CN(CC[C@H]2COC(C34CC5CC(CC(C5)C3)C4)=[NH+]2)C1. The van der Waals surface area contributed by atoms with Gasteiger partial charge in [-0.3, -0.25) is 0 Å². The third kappa shape index (κ3) is 3.95. The molecule has 0 spiro atoms. The summed E-state index contributed by atoms with van der Waals surface area (Å²) in [6.45, 7) is 12.1. The van der Waals surface area contributed by atoms with Crippen molar-refractivity contribution in [2.75, 3.05) is 24.7 Å². The lowest BCUT2D eigenvalue weighted by Crippen LogP contribution is -2.80. The standard InChI is InChI=1S/C30H43N3O/c1-20(2)26-6-5-7-27(21(3)4)28(26)33-11-10-32(19-33)9-8-25-18-34-29(31-25)30-15-22-12-23(16-30)14-24(13-22)17-30/h5-7,10-11,20-25H,8-9,12-19H2,1-4H3/p+1/t22?,23?,24?,25-,30?/m0/s1. The van der Waals surface area contributed by atoms with Crippen LogP contribution in [0.2, 0.25) is 0 Å². The van der Waals surface area contributed by atoms with E-state index in [1.165, 1.54) is 61.2 Å². The fraction of sp³-hybridized carbons (Fsp3) is 0.700. The molecule has 184 valence electrons. The Morgan fingerprint density at radius 2 is 1.56 bits per heavy atom. The Morgan fingerprint density at radius 3 is 2.15 bits per heavy atom. The molecule has 1 atom stereocenters. The Morgan fingerprint density at radius 1 is 0.941 bits per heavy atom. The highest BCUT2D eigenvalue weighted by Gasteiger charge is 2.58. The van der Waals surface area contributed by atoms with Crippen LogP contribution in [0, 0.1) is 23.2 Å². The fourth-order valence-electron chi connectivity index (χ4n) is 8.22. The van der Waals surface area contributed by atoms with Crippen LogP contribution in [0.15, 0.2) is 30.6 Å². The Labute approximate surface area is 206 Å². The summed E-state index contributed by atoms with van der Waals surface area (Å²) in [5, 5.41) is 0. The molecule has 2 heterocycles. The number of benzene rings is 1. The van der Waals surface area contributed by atoms with Crippen molar-refractivity contribution in [3.05, 3.63) is 41.7 Å². The summed E-state index contributed by atoms with van der Waals surface area (Å²) in [4.78, 5) is 8.84. The minimum Gasteiger partial charge on any atom is -0.441 e. The second kappa shape index (κ2) is 8.60. The maximum absolute atomic E-state index is 6.40. The minimum absolute atomic E-state index is 0.363. The van der Waals surface area contributed by atoms with Gasteiger partial charge in [0.1, 0.15) is 0 Å². The van der Waals surface area contributed by atoms with E-state index in [9.17, 15) is 0 Å². The van der Waals surface area contributed by atoms with Gasteiger partial charge in [0.2, 0.25) is 0 Å². The molecule has 6 aliphatic rings. The van der Waals surface area contributed by atoms with E-state index in [1.54, 1.807) is 0 Å². The monoisotopic (exact) mass is 462 g/mol. The van der Waals surface area contributed by atoms with Crippen LogP contribution >= 0.6 is 0 Å². The quantitative estimate of drug-likeness (QED) is 0.621. The number of rotatable bonds is 7. The molecule has 4 saturated carbocycles. The molecule has 1 aromatic rings. The molecular weight excluding hydrogens is 418 g/mol. The second-order valence-corrected chi connectivity index (χ2v) is 12.8. The molecule has 0 amide bonds. The lowest BCUT2D eigenvalue weighted by atomic mass is 9.49. The third-order valence-corrected chi connectivity index (χ3v) is 9.47. The number of nitrogens with zero attached hydrogens (tertiary/aromatic N) is 2. The first kappa shape index (κ1) is 22.5. The molecule has 0 radical (unpaired) electrons. The zero-order valence-corrected chi connectivity index (χ0v) is 21.7. The van der Waals surface area contributed by atoms with Gasteiger partial charge in [-0.15, -0.1) is 0 Å². The zero-order chi connectivity index (χ0) is 23.4. The fourth-order valence-corrected chi connectivity index (χ4v) is 8.22. The van der Waals surface area contributed by atoms with Crippen LogP contribution in [0.5, 0.6) is 0 Å². The highest BCUT2D eigenvalue weighted by Crippen LogP contribution is 2.60. The Kier molecular flexibility index (Phi) is 5.69. The zero-order valence-electron chi connectivity index (χ0n) is 21.7. The van der Waals surface area contributed by atoms with Gasteiger partial charge in [0.05, 0.1) is 12.1 Å². The minimum atomic E-state index is 0.363. The molecule has 0 unspecified atom stereocenters. The predicted octanol–water partition coefficient (Wildman–Crippen LogP) is 4.97. The van der Waals surface area contributed by atoms with Crippen LogP contribution in [0.25, 0.3) is 0 Å². The van der Waals surface area contributed by atoms with Crippen molar-refractivity contribution < 1.29 is 9.73 Å². The predicted molar refractivity (Wildman–Crippen MR) is 139 cm³/mol. The number of hydrogen-bond donors (Lipinski definition) is 1. The molecular formula is C30H44N3O+. The first-order valence-corrected chi connectivity index (χ1v) is 14.0. The number of nitrogens with one attached hydrogen (secondary N) is 1. The van der Waals surface area contributed by atoms with Gasteiger partial charge in [0, 0.05) is 31.1 Å². The van der Waals surface area contributed by atoms with E-state index < -0.39 is 0 Å². The molecule has 4 nitrogen and oxygen atoms in total. The van der Waals surface area contributed by atoms with Crippen LogP contribution in [-0.4, -0.2) is 36.7 Å². The van der Waals surface area contributed by atoms with Gasteiger partial charge in [-0.1, -0.05) is 45.9 Å². The summed E-state index contributed by atoms with van der Waals surface area (Å²) in [6.07, 6.45) is 14.3. The Hall–Kier alpha value is -1.97. The normalized spacial score (nSPS) is 34.0. The van der Waals surface area contributed by atoms with Gasteiger partial charge in [0.15, 0.2) is 12.6 Å². The lowest BCUT2D eigenvalue weighted by molar-refractivity contribution is -0.496. The summed E-state index contributed by atoms with van der Waals surface area (Å²) in [7, 11) is 0. The van der Waals surface area contributed by atoms with E-state index >= 15 is 0 Å². The highest BCUT2D eigenvalue weighted by atomic mass is 16.5. The molecule has 4 bridgehead atoms. The number of hydrogen-bond acceptors (Lipinski definition) is 3. The van der Waals surface area contributed by atoms with Crippen LogP contribution in [0.1, 0.15) is 95.6 Å². The molecule has 2 aliphatic heterocycles. The van der Waals surface area contributed by atoms with Gasteiger partial charge in [-0.25, -0.2) is 4.99 Å². The number of anilines is 1. The summed E-state index contributed by atoms with van der Waals surface area (Å²) in [5.41, 5.74) is 4.70. The van der Waals surface area contributed by atoms with Gasteiger partial charge in [-0.2, -0.15) is 0 Å². The lowest BCUT2D eigenvalue weighted by Gasteiger charge is -2.54. The second-order valence-electron chi connectivity index (χ2n) is 12.8. The van der Waals surface area contributed by atoms with Crippen molar-refractivity contribution in [2.45, 2.75) is 90.5 Å². The van der Waals surface area contributed by atoms with E-state index in [1.807, 2.05) is 0 Å². The maximum atomic E-state index is 6.40. The molecule has 4 heteroatoms. The van der Waals surface area contributed by atoms with Gasteiger partial charge >= 0.3 is 5.90 Å². The average molecular weight is 463 g/mol. The van der Waals surface area contributed by atoms with Crippen LogP contribution < -0.4 is 9.89 Å². The molecule has 0 saturated heterocycles. The van der Waals surface area contributed by atoms with Crippen LogP contribution in [-0.2, 0) is 4.74 Å². The van der Waals surface area contributed by atoms with Crippen molar-refractivity contribution in [3.8, 4) is 0 Å². The van der Waals surface area contributed by atoms with Gasteiger partial charge < -0.3 is 14.5 Å². The van der Waals surface area contributed by atoms with Crippen molar-refractivity contribution in [3.63, 3.8) is 0 Å². The first-order valence-electron chi connectivity index (χ1n) is 14.0. The summed E-state index contributed by atoms with van der Waals surface area (Å²) < 4.78 is 6.40. The average Bonchev–Trinajstić information content (AvgIpc) is 3.46. The topological polar surface area (TPSA) is 29.7 Å². The highest BCUT2D eigenvalue weighted by molar-refractivity contribution is 5.78. The molecule has 4 aliphatic carbocycles. The first-order chi connectivity index (χ1) is 16.4. The number of para-hydroxylation sites is 1. The molecule has 1 aromatic carbocycles. The van der Waals surface area contributed by atoms with Crippen molar-refractivity contribution in [2.24, 2.45) is 23.2 Å². The Balaban J connectivity index is 1.09. The molecule has 34 heavy (non-hydrogen) atoms. The van der Waals surface area contributed by atoms with E-state index in [0.717, 1.165) is 44.0 Å². The molecule has 4 fully saturated rings. The van der Waals surface area contributed by atoms with Gasteiger partial charge in [-0.05, 0) is 79.2 Å². The summed E-state index contributed by atoms with van der Waals surface area (Å²) in [5.74, 6) is 5.22. The third-order valence-electron chi connectivity index (χ3n) is 9.47. The molecule has 7 rings (SSSR count). The van der Waals surface area contributed by atoms with Crippen molar-refractivity contribution in [1.82, 2.24) is 4.90 Å². The largest absolute Gasteiger partial charge is 0.441 e. The molecule has 0 aromatic heterocycles. The van der Waals surface area contributed by atoms with E-state index in [-0.39, 0.29) is 0 Å². The van der Waals surface area contributed by atoms with Crippen molar-refractivity contribution in [1.29, 1.82) is 0 Å². The maximum Gasteiger partial charge on any atom is 0.341 e. The van der Waals surface area contributed by atoms with Gasteiger partial charge in [0.25, 0.3) is 0 Å². The number of ether oxygens (including phenoxy) is 1. The van der Waals surface area contributed by atoms with E-state index in [2.05, 4.69) is 73.1 Å².